The monoisotopic (exact) mass is 267 g/mol. The zero-order chi connectivity index (χ0) is 14.2. The van der Waals surface area contributed by atoms with Crippen LogP contribution >= 0.6 is 0 Å². The average molecular weight is 267 g/mol. The molecule has 0 radical (unpaired) electrons. The second-order valence-corrected chi connectivity index (χ2v) is 5.84. The van der Waals surface area contributed by atoms with Gasteiger partial charge in [0.2, 0.25) is 0 Å². The van der Waals surface area contributed by atoms with Crippen LogP contribution in [0.25, 0.3) is 11.0 Å². The fourth-order valence-electron chi connectivity index (χ4n) is 3.71. The van der Waals surface area contributed by atoms with E-state index in [2.05, 4.69) is 24.5 Å². The summed E-state index contributed by atoms with van der Waals surface area (Å²) in [6, 6.07) is 8.07. The third-order valence-corrected chi connectivity index (χ3v) is 4.91. The summed E-state index contributed by atoms with van der Waals surface area (Å²) in [5, 5.41) is 9.05. The molecule has 1 aliphatic carbocycles. The first-order valence-corrected chi connectivity index (χ1v) is 7.65. The zero-order valence-corrected chi connectivity index (χ0v) is 12.3. The molecule has 0 saturated heterocycles. The van der Waals surface area contributed by atoms with E-state index in [0.717, 1.165) is 18.5 Å². The molecule has 0 N–H and O–H groups in total. The third-order valence-electron chi connectivity index (χ3n) is 4.91. The van der Waals surface area contributed by atoms with Gasteiger partial charge in [0.25, 0.3) is 0 Å². The van der Waals surface area contributed by atoms with E-state index in [1.807, 2.05) is 18.2 Å². The molecule has 2 aromatic rings. The highest BCUT2D eigenvalue weighted by molar-refractivity contribution is 5.78. The third kappa shape index (κ3) is 1.83. The van der Waals surface area contributed by atoms with Gasteiger partial charge >= 0.3 is 0 Å². The zero-order valence-electron chi connectivity index (χ0n) is 12.3. The van der Waals surface area contributed by atoms with Crippen molar-refractivity contribution in [1.82, 2.24) is 9.55 Å². The van der Waals surface area contributed by atoms with Crippen LogP contribution in [-0.4, -0.2) is 9.55 Å². The van der Waals surface area contributed by atoms with E-state index in [4.69, 9.17) is 10.2 Å². The molecule has 0 spiro atoms. The highest BCUT2D eigenvalue weighted by Crippen LogP contribution is 2.44. The number of aryl methyl sites for hydroxylation is 1. The van der Waals surface area contributed by atoms with Gasteiger partial charge < -0.3 is 4.57 Å². The molecule has 1 saturated carbocycles. The van der Waals surface area contributed by atoms with Crippen molar-refractivity contribution in [3.63, 3.8) is 0 Å². The van der Waals surface area contributed by atoms with Crippen molar-refractivity contribution in [3.05, 3.63) is 29.6 Å². The average Bonchev–Trinajstić information content (AvgIpc) is 3.11. The predicted octanol–water partition coefficient (Wildman–Crippen LogP) is 4.15. The lowest BCUT2D eigenvalue weighted by molar-refractivity contribution is 0.383. The molecule has 1 aliphatic rings. The Morgan fingerprint density at radius 2 is 2.05 bits per heavy atom. The van der Waals surface area contributed by atoms with Crippen molar-refractivity contribution in [2.75, 3.05) is 0 Å². The van der Waals surface area contributed by atoms with E-state index in [-0.39, 0.29) is 5.41 Å². The van der Waals surface area contributed by atoms with Crippen molar-refractivity contribution < 1.29 is 0 Å². The summed E-state index contributed by atoms with van der Waals surface area (Å²) in [4.78, 5) is 4.93. The Morgan fingerprint density at radius 3 is 2.65 bits per heavy atom. The van der Waals surface area contributed by atoms with E-state index in [0.29, 0.717) is 5.56 Å². The van der Waals surface area contributed by atoms with Gasteiger partial charge in [-0.2, -0.15) is 5.26 Å². The van der Waals surface area contributed by atoms with E-state index in [9.17, 15) is 0 Å². The van der Waals surface area contributed by atoms with Gasteiger partial charge in [0, 0.05) is 12.0 Å². The van der Waals surface area contributed by atoms with Crippen molar-refractivity contribution in [2.24, 2.45) is 0 Å². The van der Waals surface area contributed by atoms with Gasteiger partial charge in [-0.25, -0.2) is 4.98 Å². The first-order valence-electron chi connectivity index (χ1n) is 7.65. The standard InChI is InChI=1S/C17H21N3/c1-3-17(9-5-6-10-17)16-19-14-11-13(12-18)7-8-15(14)20(16)4-2/h7-8,11H,3-6,9-10H2,1-2H3. The molecular weight excluding hydrogens is 246 g/mol. The first-order chi connectivity index (χ1) is 9.74. The van der Waals surface area contributed by atoms with Crippen molar-refractivity contribution >= 4 is 11.0 Å². The molecule has 3 rings (SSSR count). The lowest BCUT2D eigenvalue weighted by Crippen LogP contribution is -2.25. The summed E-state index contributed by atoms with van der Waals surface area (Å²) in [6.45, 7) is 5.41. The minimum atomic E-state index is 0.252. The molecule has 0 atom stereocenters. The van der Waals surface area contributed by atoms with Gasteiger partial charge in [0.1, 0.15) is 5.82 Å². The van der Waals surface area contributed by atoms with Crippen LogP contribution in [0.1, 0.15) is 57.3 Å². The van der Waals surface area contributed by atoms with E-state index in [1.165, 1.54) is 37.0 Å². The summed E-state index contributed by atoms with van der Waals surface area (Å²) in [6.07, 6.45) is 6.27. The minimum Gasteiger partial charge on any atom is -0.328 e. The van der Waals surface area contributed by atoms with Crippen molar-refractivity contribution in [1.29, 1.82) is 5.26 Å². The predicted molar refractivity (Wildman–Crippen MR) is 80.6 cm³/mol. The van der Waals surface area contributed by atoms with Crippen LogP contribution in [0.4, 0.5) is 0 Å². The summed E-state index contributed by atoms with van der Waals surface area (Å²) < 4.78 is 2.35. The molecule has 0 aliphatic heterocycles. The van der Waals surface area contributed by atoms with E-state index < -0.39 is 0 Å². The molecule has 0 amide bonds. The van der Waals surface area contributed by atoms with E-state index in [1.54, 1.807) is 0 Å². The van der Waals surface area contributed by atoms with Crippen LogP contribution in [0, 0.1) is 11.3 Å². The first kappa shape index (κ1) is 13.2. The molecule has 0 bridgehead atoms. The largest absolute Gasteiger partial charge is 0.328 e. The van der Waals surface area contributed by atoms with Crippen LogP contribution in [-0.2, 0) is 12.0 Å². The number of nitrogens with zero attached hydrogens (tertiary/aromatic N) is 3. The summed E-state index contributed by atoms with van der Waals surface area (Å²) >= 11 is 0. The SMILES string of the molecule is CCn1c(C2(CC)CCCC2)nc2cc(C#N)ccc21. The number of imidazole rings is 1. The van der Waals surface area contributed by atoms with Gasteiger partial charge in [-0.05, 0) is 44.4 Å². The molecular formula is C17H21N3. The van der Waals surface area contributed by atoms with Gasteiger partial charge in [-0.1, -0.05) is 19.8 Å². The number of nitriles is 1. The second-order valence-electron chi connectivity index (χ2n) is 5.84. The fraction of sp³-hybridized carbons (Fsp3) is 0.529. The van der Waals surface area contributed by atoms with Crippen molar-refractivity contribution in [2.45, 2.75) is 57.9 Å². The van der Waals surface area contributed by atoms with Gasteiger partial charge in [-0.3, -0.25) is 0 Å². The maximum atomic E-state index is 9.05. The molecule has 1 heterocycles. The van der Waals surface area contributed by atoms with Crippen LogP contribution in [0.5, 0.6) is 0 Å². The Labute approximate surface area is 120 Å². The quantitative estimate of drug-likeness (QED) is 0.838. The Kier molecular flexibility index (Phi) is 3.25. The highest BCUT2D eigenvalue weighted by atomic mass is 15.1. The number of aromatic nitrogens is 2. The molecule has 3 heteroatoms. The lowest BCUT2D eigenvalue weighted by Gasteiger charge is -2.27. The van der Waals surface area contributed by atoms with Crippen LogP contribution in [0.2, 0.25) is 0 Å². The Balaban J connectivity index is 2.22. The molecule has 0 unspecified atom stereocenters. The maximum absolute atomic E-state index is 9.05. The Hall–Kier alpha value is -1.82. The summed E-state index contributed by atoms with van der Waals surface area (Å²) in [5.74, 6) is 1.24. The topological polar surface area (TPSA) is 41.6 Å². The van der Waals surface area contributed by atoms with Gasteiger partial charge in [0.15, 0.2) is 0 Å². The summed E-state index contributed by atoms with van der Waals surface area (Å²) in [7, 11) is 0. The van der Waals surface area contributed by atoms with Gasteiger partial charge in [-0.15, -0.1) is 0 Å². The molecule has 3 nitrogen and oxygen atoms in total. The summed E-state index contributed by atoms with van der Waals surface area (Å²) in [5.41, 5.74) is 3.09. The van der Waals surface area contributed by atoms with Gasteiger partial charge in [0.05, 0.1) is 22.7 Å². The molecule has 1 aromatic heterocycles. The number of hydrogen-bond acceptors (Lipinski definition) is 2. The minimum absolute atomic E-state index is 0.252. The van der Waals surface area contributed by atoms with Crippen LogP contribution < -0.4 is 0 Å². The van der Waals surface area contributed by atoms with E-state index >= 15 is 0 Å². The number of rotatable bonds is 3. The normalized spacial score (nSPS) is 17.4. The Morgan fingerprint density at radius 1 is 1.30 bits per heavy atom. The lowest BCUT2D eigenvalue weighted by atomic mass is 9.82. The van der Waals surface area contributed by atoms with Crippen LogP contribution in [0.3, 0.4) is 0 Å². The van der Waals surface area contributed by atoms with Crippen molar-refractivity contribution in [3.8, 4) is 6.07 Å². The Bertz CT molecular complexity index is 669. The van der Waals surface area contributed by atoms with Crippen LogP contribution in [0.15, 0.2) is 18.2 Å². The smallest absolute Gasteiger partial charge is 0.116 e. The molecule has 1 aromatic carbocycles. The number of fused-ring (bicyclic) bond motifs is 1. The highest BCUT2D eigenvalue weighted by Gasteiger charge is 2.38. The molecule has 1 fully saturated rings. The number of benzene rings is 1. The molecule has 104 valence electrons. The second kappa shape index (κ2) is 4.94. The fourth-order valence-corrected chi connectivity index (χ4v) is 3.71. The number of hydrogen-bond donors (Lipinski definition) is 0. The maximum Gasteiger partial charge on any atom is 0.116 e. The molecule has 20 heavy (non-hydrogen) atoms.